The van der Waals surface area contributed by atoms with Gasteiger partial charge in [0.15, 0.2) is 34.9 Å². The number of fused-ring (bicyclic) bond motifs is 14. The fourth-order valence-electron chi connectivity index (χ4n) is 17.0. The number of benzene rings is 17. The minimum Gasteiger partial charge on any atom is -0.308 e. The molecular formula is C108H68N8S2. The van der Waals surface area contributed by atoms with E-state index in [0.717, 1.165) is 100 Å². The van der Waals surface area contributed by atoms with Crippen LogP contribution in [-0.2, 0) is 0 Å². The van der Waals surface area contributed by atoms with E-state index in [0.29, 0.717) is 34.9 Å². The standard InChI is InChI=1S/C57H36N4S.C51H32N4S/c1-5-18-37(19-6-1)41-34-42(38-20-7-2-8-21-38)36-43(35-41)56-58-55(40-24-11-4-12-25-40)59-57(60-56)48-27-14-16-31-50(48)61-49-30-15-13-26-47(49)52-51(61)33-32-46-45-29-17-28-44(53(45)62-54(46)52)39-22-9-3-10-23-39;1-4-16-33(17-5-1)36-22-14-23-37(32-36)50-52-49(35-20-8-3-9-21-35)53-51(54-50)42-25-11-13-29-44(42)55-43-28-12-10-24-41(43)46-45(55)31-30-40-39-27-15-26-38(47(39)56-48(40)46)34-18-6-2-7-19-34/h1-36H;1-32H. The third kappa shape index (κ3) is 12.4. The van der Waals surface area contributed by atoms with Crippen molar-refractivity contribution in [3.8, 4) is 135 Å². The number of hydrogen-bond acceptors (Lipinski definition) is 8. The lowest BCUT2D eigenvalue weighted by Gasteiger charge is -2.15. The highest BCUT2D eigenvalue weighted by Crippen LogP contribution is 2.50. The first-order valence-corrected chi connectivity index (χ1v) is 41.3. The van der Waals surface area contributed by atoms with Crippen molar-refractivity contribution in [2.45, 2.75) is 0 Å². The lowest BCUT2D eigenvalue weighted by Crippen LogP contribution is -2.03. The summed E-state index contributed by atoms with van der Waals surface area (Å²) < 4.78 is 9.98. The Morgan fingerprint density at radius 3 is 0.873 bits per heavy atom. The molecule has 0 N–H and O–H groups in total. The molecule has 118 heavy (non-hydrogen) atoms. The van der Waals surface area contributed by atoms with Gasteiger partial charge in [-0.1, -0.05) is 340 Å². The Hall–Kier alpha value is -15.2. The lowest BCUT2D eigenvalue weighted by molar-refractivity contribution is 1.06. The zero-order valence-corrected chi connectivity index (χ0v) is 65.3. The monoisotopic (exact) mass is 1540 g/mol. The highest BCUT2D eigenvalue weighted by molar-refractivity contribution is 7.27. The summed E-state index contributed by atoms with van der Waals surface area (Å²) in [6, 6.07) is 146. The second-order valence-corrected chi connectivity index (χ2v) is 31.6. The van der Waals surface area contributed by atoms with Crippen LogP contribution in [0.15, 0.2) is 413 Å². The number of para-hydroxylation sites is 4. The van der Waals surface area contributed by atoms with Gasteiger partial charge in [-0.05, 0) is 128 Å². The summed E-state index contributed by atoms with van der Waals surface area (Å²) in [5.41, 5.74) is 23.8. The van der Waals surface area contributed by atoms with E-state index in [4.69, 9.17) is 29.9 Å². The zero-order chi connectivity index (χ0) is 78.0. The van der Waals surface area contributed by atoms with Gasteiger partial charge in [0.05, 0.1) is 33.4 Å². The first-order valence-electron chi connectivity index (χ1n) is 39.6. The van der Waals surface area contributed by atoms with Crippen LogP contribution in [0.4, 0.5) is 0 Å². The molecule has 0 aliphatic rings. The van der Waals surface area contributed by atoms with Gasteiger partial charge in [0.25, 0.3) is 0 Å². The fourth-order valence-corrected chi connectivity index (χ4v) is 19.8. The largest absolute Gasteiger partial charge is 0.308 e. The molecule has 0 saturated carbocycles. The lowest BCUT2D eigenvalue weighted by atomic mass is 9.96. The molecule has 6 heterocycles. The molecule has 23 aromatic rings. The van der Waals surface area contributed by atoms with Crippen molar-refractivity contribution in [3.63, 3.8) is 0 Å². The molecule has 0 amide bonds. The van der Waals surface area contributed by atoms with Gasteiger partial charge >= 0.3 is 0 Å². The van der Waals surface area contributed by atoms with Gasteiger partial charge in [-0.2, -0.15) is 0 Å². The van der Waals surface area contributed by atoms with Gasteiger partial charge < -0.3 is 9.13 Å². The molecule has 6 aromatic heterocycles. The van der Waals surface area contributed by atoms with Crippen LogP contribution in [0.1, 0.15) is 0 Å². The normalized spacial score (nSPS) is 11.6. The third-order valence-electron chi connectivity index (χ3n) is 22.5. The molecule has 10 heteroatoms. The van der Waals surface area contributed by atoms with Gasteiger partial charge in [-0.3, -0.25) is 0 Å². The summed E-state index contributed by atoms with van der Waals surface area (Å²) in [5, 5.41) is 10.1. The minimum absolute atomic E-state index is 0.609. The van der Waals surface area contributed by atoms with E-state index in [2.05, 4.69) is 379 Å². The Bertz CT molecular complexity index is 7720. The molecule has 23 rings (SSSR count). The molecule has 0 atom stereocenters. The maximum absolute atomic E-state index is 5.38. The van der Waals surface area contributed by atoms with Crippen LogP contribution in [0.2, 0.25) is 0 Å². The summed E-state index contributed by atoms with van der Waals surface area (Å²) in [5.74, 6) is 3.73. The first-order chi connectivity index (χ1) is 58.5. The summed E-state index contributed by atoms with van der Waals surface area (Å²) in [7, 11) is 0. The van der Waals surface area contributed by atoms with Crippen molar-refractivity contribution in [1.29, 1.82) is 0 Å². The predicted octanol–water partition coefficient (Wildman–Crippen LogP) is 29.0. The van der Waals surface area contributed by atoms with Crippen molar-refractivity contribution in [2.24, 2.45) is 0 Å². The smallest absolute Gasteiger partial charge is 0.166 e. The summed E-state index contributed by atoms with van der Waals surface area (Å²) in [6.07, 6.45) is 0. The Balaban J connectivity index is 0.000000143. The fraction of sp³-hybridized carbons (Fsp3) is 0. The molecule has 0 saturated heterocycles. The van der Waals surface area contributed by atoms with E-state index in [9.17, 15) is 0 Å². The molecular weight excluding hydrogens is 1470 g/mol. The molecule has 0 fully saturated rings. The average molecular weight is 1540 g/mol. The molecule has 0 aliphatic heterocycles. The van der Waals surface area contributed by atoms with Crippen LogP contribution >= 0.6 is 22.7 Å². The summed E-state index contributed by atoms with van der Waals surface area (Å²) >= 11 is 3.78. The third-order valence-corrected chi connectivity index (χ3v) is 25.1. The zero-order valence-electron chi connectivity index (χ0n) is 63.7. The van der Waals surface area contributed by atoms with Crippen molar-refractivity contribution in [1.82, 2.24) is 39.0 Å². The predicted molar refractivity (Wildman–Crippen MR) is 494 cm³/mol. The molecule has 552 valence electrons. The Kier molecular flexibility index (Phi) is 17.5. The molecule has 0 radical (unpaired) electrons. The van der Waals surface area contributed by atoms with Crippen LogP contribution in [0.3, 0.4) is 0 Å². The van der Waals surface area contributed by atoms with Crippen molar-refractivity contribution >= 4 is 107 Å². The van der Waals surface area contributed by atoms with Crippen molar-refractivity contribution in [2.75, 3.05) is 0 Å². The quantitative estimate of drug-likeness (QED) is 0.114. The average Bonchev–Trinajstić information content (AvgIpc) is 1.56. The number of rotatable bonds is 13. The van der Waals surface area contributed by atoms with Gasteiger partial charge in [0.1, 0.15) is 0 Å². The number of thiophene rings is 2. The van der Waals surface area contributed by atoms with Crippen molar-refractivity contribution < 1.29 is 0 Å². The SMILES string of the molecule is c1ccc(-c2cc(-c3ccccc3)cc(-c3nc(-c4ccccc4)nc(-c4ccccc4-n4c5ccccc5c5c6sc7c(-c8ccccc8)cccc7c6ccc54)n3)c2)cc1.c1ccc(-c2cccc(-c3nc(-c4ccccc4)nc(-c4ccccc4-n4c5ccccc5c5c6sc7c(-c8ccccc8)cccc7c6ccc54)n3)c2)cc1. The van der Waals surface area contributed by atoms with Gasteiger partial charge in [0, 0.05) is 95.3 Å². The van der Waals surface area contributed by atoms with E-state index in [-0.39, 0.29) is 0 Å². The summed E-state index contributed by atoms with van der Waals surface area (Å²) in [4.78, 5) is 31.4. The topological polar surface area (TPSA) is 87.2 Å². The Morgan fingerprint density at radius 1 is 0.161 bits per heavy atom. The molecule has 0 bridgehead atoms. The Morgan fingerprint density at radius 2 is 0.441 bits per heavy atom. The number of nitrogens with zero attached hydrogens (tertiary/aromatic N) is 8. The van der Waals surface area contributed by atoms with Gasteiger partial charge in [0.2, 0.25) is 0 Å². The summed E-state index contributed by atoms with van der Waals surface area (Å²) in [6.45, 7) is 0. The second kappa shape index (κ2) is 29.6. The van der Waals surface area contributed by atoms with E-state index in [1.54, 1.807) is 0 Å². The van der Waals surface area contributed by atoms with Gasteiger partial charge in [-0.15, -0.1) is 22.7 Å². The highest BCUT2D eigenvalue weighted by Gasteiger charge is 2.26. The number of hydrogen-bond donors (Lipinski definition) is 0. The second-order valence-electron chi connectivity index (χ2n) is 29.5. The van der Waals surface area contributed by atoms with Crippen LogP contribution in [0.25, 0.3) is 219 Å². The van der Waals surface area contributed by atoms with Gasteiger partial charge in [-0.25, -0.2) is 29.9 Å². The van der Waals surface area contributed by atoms with E-state index in [1.807, 2.05) is 65.1 Å². The Labute approximate surface area is 688 Å². The number of aromatic nitrogens is 8. The van der Waals surface area contributed by atoms with Crippen LogP contribution in [0.5, 0.6) is 0 Å². The molecule has 8 nitrogen and oxygen atoms in total. The van der Waals surface area contributed by atoms with E-state index in [1.165, 1.54) is 84.1 Å². The van der Waals surface area contributed by atoms with E-state index < -0.39 is 0 Å². The maximum Gasteiger partial charge on any atom is 0.166 e. The van der Waals surface area contributed by atoms with Crippen molar-refractivity contribution in [3.05, 3.63) is 413 Å². The van der Waals surface area contributed by atoms with E-state index >= 15 is 0 Å². The maximum atomic E-state index is 5.38. The minimum atomic E-state index is 0.609. The van der Waals surface area contributed by atoms with Crippen LogP contribution < -0.4 is 0 Å². The molecule has 0 aliphatic carbocycles. The molecule has 0 unspecified atom stereocenters. The van der Waals surface area contributed by atoms with Crippen LogP contribution in [0, 0.1) is 0 Å². The first kappa shape index (κ1) is 69.5. The van der Waals surface area contributed by atoms with Crippen LogP contribution in [-0.4, -0.2) is 39.0 Å². The molecule has 17 aromatic carbocycles. The highest BCUT2D eigenvalue weighted by atomic mass is 32.1. The molecule has 0 spiro atoms.